The number of hydrogen-bond acceptors (Lipinski definition) is 2. The van der Waals surface area contributed by atoms with E-state index in [4.69, 9.17) is 0 Å². The highest BCUT2D eigenvalue weighted by Gasteiger charge is 2.13. The van der Waals surface area contributed by atoms with E-state index in [0.29, 0.717) is 4.88 Å². The maximum Gasteiger partial charge on any atom is 0.265 e. The smallest absolute Gasteiger partial charge is 0.265 e. The van der Waals surface area contributed by atoms with Crippen molar-refractivity contribution in [1.29, 1.82) is 0 Å². The summed E-state index contributed by atoms with van der Waals surface area (Å²) in [6.45, 7) is 0. The van der Waals surface area contributed by atoms with Crippen LogP contribution in [0, 0.1) is 11.6 Å². The summed E-state index contributed by atoms with van der Waals surface area (Å²) in [5.41, 5.74) is 0.970. The number of anilines is 1. The average Bonchev–Trinajstić information content (AvgIpc) is 3.14. The highest BCUT2D eigenvalue weighted by atomic mass is 32.1. The Morgan fingerprint density at radius 3 is 2.46 bits per heavy atom. The van der Waals surface area contributed by atoms with Crippen LogP contribution in [0.2, 0.25) is 0 Å². The summed E-state index contributed by atoms with van der Waals surface area (Å²) in [4.78, 5) is 13.7. The monoisotopic (exact) mass is 365 g/mol. The molecule has 0 fully saturated rings. The van der Waals surface area contributed by atoms with Crippen LogP contribution >= 0.6 is 11.3 Å². The molecule has 1 amide bonds. The first-order valence-electron chi connectivity index (χ1n) is 7.95. The molecule has 4 aromatic rings. The largest absolute Gasteiger partial charge is 0.319 e. The maximum atomic E-state index is 13.7. The number of benzene rings is 3. The minimum atomic E-state index is -0.801. The zero-order valence-corrected chi connectivity index (χ0v) is 14.3. The van der Waals surface area contributed by atoms with Crippen molar-refractivity contribution in [2.75, 3.05) is 5.32 Å². The molecule has 1 heterocycles. The third-order valence-corrected chi connectivity index (χ3v) is 5.18. The molecule has 1 aromatic heterocycles. The van der Waals surface area contributed by atoms with E-state index in [2.05, 4.69) is 11.4 Å². The molecule has 1 N–H and O–H groups in total. The molecular weight excluding hydrogens is 352 g/mol. The van der Waals surface area contributed by atoms with E-state index in [1.165, 1.54) is 17.4 Å². The SMILES string of the molecule is O=C(Nc1ccc(F)cc1F)c1ccc(-c2ccc3ccccc3c2)s1. The highest BCUT2D eigenvalue weighted by molar-refractivity contribution is 7.17. The summed E-state index contributed by atoms with van der Waals surface area (Å²) in [5, 5.41) is 4.75. The molecule has 128 valence electrons. The third-order valence-electron chi connectivity index (χ3n) is 4.04. The number of amides is 1. The molecule has 0 atom stereocenters. The molecule has 0 unspecified atom stereocenters. The second-order valence-electron chi connectivity index (χ2n) is 5.80. The van der Waals surface area contributed by atoms with Gasteiger partial charge in [0, 0.05) is 10.9 Å². The van der Waals surface area contributed by atoms with Crippen LogP contribution in [0.4, 0.5) is 14.5 Å². The molecule has 0 aliphatic rings. The minimum Gasteiger partial charge on any atom is -0.319 e. The summed E-state index contributed by atoms with van der Waals surface area (Å²) < 4.78 is 26.7. The number of rotatable bonds is 3. The van der Waals surface area contributed by atoms with Crippen molar-refractivity contribution in [3.63, 3.8) is 0 Å². The van der Waals surface area contributed by atoms with Crippen LogP contribution in [-0.4, -0.2) is 5.91 Å². The van der Waals surface area contributed by atoms with Crippen molar-refractivity contribution in [2.24, 2.45) is 0 Å². The van der Waals surface area contributed by atoms with Crippen molar-refractivity contribution in [3.05, 3.63) is 89.3 Å². The second kappa shape index (κ2) is 6.69. The van der Waals surface area contributed by atoms with Gasteiger partial charge < -0.3 is 5.32 Å². The van der Waals surface area contributed by atoms with Gasteiger partial charge in [0.25, 0.3) is 5.91 Å². The first-order valence-corrected chi connectivity index (χ1v) is 8.77. The molecule has 0 saturated heterocycles. The van der Waals surface area contributed by atoms with Crippen LogP contribution in [0.1, 0.15) is 9.67 Å². The van der Waals surface area contributed by atoms with Crippen LogP contribution < -0.4 is 5.32 Å². The quantitative estimate of drug-likeness (QED) is 0.467. The van der Waals surface area contributed by atoms with Gasteiger partial charge in [0.05, 0.1) is 10.6 Å². The first-order chi connectivity index (χ1) is 12.6. The Balaban J connectivity index is 1.59. The van der Waals surface area contributed by atoms with Gasteiger partial charge in [-0.05, 0) is 46.7 Å². The Hall–Kier alpha value is -3.05. The highest BCUT2D eigenvalue weighted by Crippen LogP contribution is 2.31. The number of thiophene rings is 1. The molecule has 0 bridgehead atoms. The molecule has 0 radical (unpaired) electrons. The lowest BCUT2D eigenvalue weighted by atomic mass is 10.1. The zero-order chi connectivity index (χ0) is 18.1. The summed E-state index contributed by atoms with van der Waals surface area (Å²) in [6.07, 6.45) is 0. The van der Waals surface area contributed by atoms with Crippen LogP contribution in [0.5, 0.6) is 0 Å². The van der Waals surface area contributed by atoms with Crippen molar-refractivity contribution in [3.8, 4) is 10.4 Å². The van der Waals surface area contributed by atoms with Crippen LogP contribution in [0.15, 0.2) is 72.8 Å². The lowest BCUT2D eigenvalue weighted by Crippen LogP contribution is -2.11. The van der Waals surface area contributed by atoms with Gasteiger partial charge in [-0.2, -0.15) is 0 Å². The molecule has 4 rings (SSSR count). The summed E-state index contributed by atoms with van der Waals surface area (Å²) >= 11 is 1.32. The van der Waals surface area contributed by atoms with E-state index in [-0.39, 0.29) is 5.69 Å². The van der Waals surface area contributed by atoms with E-state index < -0.39 is 17.5 Å². The van der Waals surface area contributed by atoms with Crippen molar-refractivity contribution in [1.82, 2.24) is 0 Å². The number of nitrogens with one attached hydrogen (secondary N) is 1. The molecule has 26 heavy (non-hydrogen) atoms. The lowest BCUT2D eigenvalue weighted by Gasteiger charge is -2.05. The van der Waals surface area contributed by atoms with Gasteiger partial charge in [0.15, 0.2) is 0 Å². The summed E-state index contributed by atoms with van der Waals surface area (Å²) in [6, 6.07) is 20.8. The van der Waals surface area contributed by atoms with Gasteiger partial charge in [-0.25, -0.2) is 8.78 Å². The maximum absolute atomic E-state index is 13.7. The third kappa shape index (κ3) is 3.21. The van der Waals surface area contributed by atoms with Gasteiger partial charge >= 0.3 is 0 Å². The van der Waals surface area contributed by atoms with Gasteiger partial charge in [-0.1, -0.05) is 36.4 Å². The second-order valence-corrected chi connectivity index (χ2v) is 6.89. The molecule has 0 aliphatic carbocycles. The fraction of sp³-hybridized carbons (Fsp3) is 0. The number of carbonyl (C=O) groups excluding carboxylic acids is 1. The zero-order valence-electron chi connectivity index (χ0n) is 13.5. The minimum absolute atomic E-state index is 0.0444. The first kappa shape index (κ1) is 16.4. The number of fused-ring (bicyclic) bond motifs is 1. The van der Waals surface area contributed by atoms with E-state index in [1.807, 2.05) is 42.5 Å². The number of carbonyl (C=O) groups is 1. The molecular formula is C21H13F2NOS. The van der Waals surface area contributed by atoms with E-state index in [1.54, 1.807) is 6.07 Å². The molecule has 0 saturated carbocycles. The molecule has 2 nitrogen and oxygen atoms in total. The Kier molecular flexibility index (Phi) is 4.22. The normalized spacial score (nSPS) is 10.8. The van der Waals surface area contributed by atoms with Gasteiger partial charge in [-0.15, -0.1) is 11.3 Å². The molecule has 0 spiro atoms. The molecule has 5 heteroatoms. The fourth-order valence-electron chi connectivity index (χ4n) is 2.73. The molecule has 3 aromatic carbocycles. The van der Waals surface area contributed by atoms with E-state index in [0.717, 1.165) is 33.3 Å². The Morgan fingerprint density at radius 2 is 1.65 bits per heavy atom. The summed E-state index contributed by atoms with van der Waals surface area (Å²) in [5.74, 6) is -1.91. The predicted octanol–water partition coefficient (Wildman–Crippen LogP) is 6.10. The standard InChI is InChI=1S/C21H13F2NOS/c22-16-7-8-18(17(23)12-16)24-21(25)20-10-9-19(26-20)15-6-5-13-3-1-2-4-14(13)11-15/h1-12H,(H,24,25). The van der Waals surface area contributed by atoms with E-state index >= 15 is 0 Å². The van der Waals surface area contributed by atoms with Crippen molar-refractivity contribution >= 4 is 33.7 Å². The Morgan fingerprint density at radius 1 is 0.846 bits per heavy atom. The van der Waals surface area contributed by atoms with Gasteiger partial charge in [0.1, 0.15) is 11.6 Å². The Bertz CT molecular complexity index is 1120. The lowest BCUT2D eigenvalue weighted by molar-refractivity contribution is 0.103. The van der Waals surface area contributed by atoms with Crippen LogP contribution in [-0.2, 0) is 0 Å². The molecule has 0 aliphatic heterocycles. The van der Waals surface area contributed by atoms with Crippen molar-refractivity contribution in [2.45, 2.75) is 0 Å². The van der Waals surface area contributed by atoms with Gasteiger partial charge in [-0.3, -0.25) is 4.79 Å². The van der Waals surface area contributed by atoms with Gasteiger partial charge in [0.2, 0.25) is 0 Å². The van der Waals surface area contributed by atoms with E-state index in [9.17, 15) is 13.6 Å². The van der Waals surface area contributed by atoms with Crippen molar-refractivity contribution < 1.29 is 13.6 Å². The average molecular weight is 365 g/mol. The van der Waals surface area contributed by atoms with Crippen LogP contribution in [0.25, 0.3) is 21.2 Å². The summed E-state index contributed by atoms with van der Waals surface area (Å²) in [7, 11) is 0. The predicted molar refractivity (Wildman–Crippen MR) is 102 cm³/mol. The van der Waals surface area contributed by atoms with Crippen LogP contribution in [0.3, 0.4) is 0 Å². The number of halogens is 2. The fourth-order valence-corrected chi connectivity index (χ4v) is 3.63. The topological polar surface area (TPSA) is 29.1 Å². The number of hydrogen-bond donors (Lipinski definition) is 1. The Labute approximate surface area is 152 Å².